The summed E-state index contributed by atoms with van der Waals surface area (Å²) in [6, 6.07) is 0. The molecule has 0 saturated carbocycles. The van der Waals surface area contributed by atoms with E-state index in [2.05, 4.69) is 19.1 Å². The van der Waals surface area contributed by atoms with Crippen molar-refractivity contribution < 1.29 is 0 Å². The second-order valence-corrected chi connectivity index (χ2v) is 6.78. The summed E-state index contributed by atoms with van der Waals surface area (Å²) in [4.78, 5) is 6.83. The molecule has 0 saturated heterocycles. The predicted molar refractivity (Wildman–Crippen MR) is 69.3 cm³/mol. The summed E-state index contributed by atoms with van der Waals surface area (Å²) >= 11 is 5.58. The molecule has 0 fully saturated rings. The first-order chi connectivity index (χ1) is 7.10. The van der Waals surface area contributed by atoms with Crippen LogP contribution in [0.2, 0.25) is 0 Å². The molecule has 0 amide bonds. The Morgan fingerprint density at radius 2 is 1.40 bits per heavy atom. The van der Waals surface area contributed by atoms with Crippen LogP contribution in [0.3, 0.4) is 0 Å². The molecule has 7 heteroatoms. The SMILES string of the molecule is CCN(CC)P(=S)(N=[N+]=[N-])N(CC)CC. The van der Waals surface area contributed by atoms with Crippen LogP contribution in [0.5, 0.6) is 0 Å². The van der Waals surface area contributed by atoms with E-state index in [0.717, 1.165) is 26.2 Å². The van der Waals surface area contributed by atoms with E-state index in [1.54, 1.807) is 0 Å². The monoisotopic (exact) mass is 249 g/mol. The van der Waals surface area contributed by atoms with Gasteiger partial charge >= 0.3 is 0 Å². The maximum atomic E-state index is 8.65. The molecule has 0 N–H and O–H groups in total. The summed E-state index contributed by atoms with van der Waals surface area (Å²) in [6.45, 7) is 9.23. The van der Waals surface area contributed by atoms with Gasteiger partial charge in [0, 0.05) is 31.1 Å². The second-order valence-electron chi connectivity index (χ2n) is 2.97. The van der Waals surface area contributed by atoms with E-state index in [1.165, 1.54) is 0 Å². The Labute approximate surface area is 97.2 Å². The van der Waals surface area contributed by atoms with Crippen molar-refractivity contribution in [2.24, 2.45) is 4.88 Å². The van der Waals surface area contributed by atoms with Gasteiger partial charge < -0.3 is 0 Å². The van der Waals surface area contributed by atoms with E-state index in [1.807, 2.05) is 27.7 Å². The predicted octanol–water partition coefficient (Wildman–Crippen LogP) is 3.20. The van der Waals surface area contributed by atoms with Crippen LogP contribution in [-0.4, -0.2) is 35.5 Å². The smallest absolute Gasteiger partial charge is 0.165 e. The molecular formula is C8H20N5PS. The van der Waals surface area contributed by atoms with Crippen molar-refractivity contribution in [1.82, 2.24) is 9.34 Å². The molecular weight excluding hydrogens is 229 g/mol. The first-order valence-corrected chi connectivity index (χ1v) is 7.94. The van der Waals surface area contributed by atoms with Crippen molar-refractivity contribution in [3.05, 3.63) is 10.4 Å². The maximum Gasteiger partial charge on any atom is 0.165 e. The van der Waals surface area contributed by atoms with Crippen molar-refractivity contribution in [3.63, 3.8) is 0 Å². The van der Waals surface area contributed by atoms with Gasteiger partial charge in [0.25, 0.3) is 0 Å². The quantitative estimate of drug-likeness (QED) is 0.301. The Hall–Kier alpha value is -0.120. The third-order valence-electron chi connectivity index (χ3n) is 2.35. The van der Waals surface area contributed by atoms with Crippen LogP contribution in [0.25, 0.3) is 10.4 Å². The van der Waals surface area contributed by atoms with Crippen LogP contribution in [-0.2, 0) is 11.8 Å². The van der Waals surface area contributed by atoms with Gasteiger partial charge in [-0.05, 0) is 10.4 Å². The molecule has 0 aliphatic rings. The summed E-state index contributed by atoms with van der Waals surface area (Å²) in [5.74, 6) is 0. The largest absolute Gasteiger partial charge is 0.259 e. The average molecular weight is 249 g/mol. The zero-order valence-electron chi connectivity index (χ0n) is 9.92. The zero-order valence-corrected chi connectivity index (χ0v) is 11.6. The van der Waals surface area contributed by atoms with Crippen molar-refractivity contribution in [3.8, 4) is 0 Å². The summed E-state index contributed by atoms with van der Waals surface area (Å²) in [6.07, 6.45) is 0. The minimum Gasteiger partial charge on any atom is -0.259 e. The molecule has 0 rings (SSSR count). The molecule has 0 aromatic rings. The normalized spacial score (nSPS) is 11.9. The van der Waals surface area contributed by atoms with Crippen LogP contribution < -0.4 is 0 Å². The first kappa shape index (κ1) is 14.9. The number of azide groups is 1. The lowest BCUT2D eigenvalue weighted by Gasteiger charge is -2.37. The van der Waals surface area contributed by atoms with Crippen LogP contribution in [0.1, 0.15) is 27.7 Å². The van der Waals surface area contributed by atoms with Crippen LogP contribution in [0.4, 0.5) is 0 Å². The summed E-state index contributed by atoms with van der Waals surface area (Å²) in [5, 5.41) is 0. The van der Waals surface area contributed by atoms with Gasteiger partial charge in [-0.3, -0.25) is 9.34 Å². The highest BCUT2D eigenvalue weighted by Gasteiger charge is 2.27. The van der Waals surface area contributed by atoms with Crippen molar-refractivity contribution in [1.29, 1.82) is 0 Å². The van der Waals surface area contributed by atoms with Gasteiger partial charge in [0.2, 0.25) is 0 Å². The molecule has 5 nitrogen and oxygen atoms in total. The molecule has 0 spiro atoms. The fourth-order valence-electron chi connectivity index (χ4n) is 1.53. The van der Waals surface area contributed by atoms with E-state index in [9.17, 15) is 0 Å². The lowest BCUT2D eigenvalue weighted by Crippen LogP contribution is -2.30. The third kappa shape index (κ3) is 3.44. The van der Waals surface area contributed by atoms with Crippen LogP contribution in [0.15, 0.2) is 4.88 Å². The Bertz CT molecular complexity index is 252. The molecule has 88 valence electrons. The van der Waals surface area contributed by atoms with Crippen molar-refractivity contribution >= 4 is 18.3 Å². The van der Waals surface area contributed by atoms with Gasteiger partial charge in [0.15, 0.2) is 6.49 Å². The molecule has 0 radical (unpaired) electrons. The van der Waals surface area contributed by atoms with Crippen LogP contribution in [0, 0.1) is 0 Å². The Kier molecular flexibility index (Phi) is 7.14. The molecule has 0 aromatic carbocycles. The maximum absolute atomic E-state index is 8.65. The van der Waals surface area contributed by atoms with E-state index in [4.69, 9.17) is 17.3 Å². The summed E-state index contributed by atoms with van der Waals surface area (Å²) in [5.41, 5.74) is 8.65. The van der Waals surface area contributed by atoms with Gasteiger partial charge in [-0.2, -0.15) is 0 Å². The fraction of sp³-hybridized carbons (Fsp3) is 1.00. The number of nitrogens with zero attached hydrogens (tertiary/aromatic N) is 5. The van der Waals surface area contributed by atoms with Gasteiger partial charge in [0.1, 0.15) is 0 Å². The molecule has 15 heavy (non-hydrogen) atoms. The minimum absolute atomic E-state index is 0.823. The van der Waals surface area contributed by atoms with Crippen LogP contribution >= 0.6 is 6.49 Å². The summed E-state index contributed by atoms with van der Waals surface area (Å²) in [7, 11) is 0. The van der Waals surface area contributed by atoms with E-state index >= 15 is 0 Å². The fourth-order valence-corrected chi connectivity index (χ4v) is 5.17. The molecule has 0 atom stereocenters. The number of rotatable bonds is 7. The lowest BCUT2D eigenvalue weighted by molar-refractivity contribution is 0.421. The molecule has 0 aromatic heterocycles. The Balaban J connectivity index is 5.19. The first-order valence-electron chi connectivity index (χ1n) is 5.28. The van der Waals surface area contributed by atoms with Crippen molar-refractivity contribution in [2.45, 2.75) is 27.7 Å². The van der Waals surface area contributed by atoms with E-state index in [-0.39, 0.29) is 0 Å². The van der Waals surface area contributed by atoms with Gasteiger partial charge in [-0.15, -0.1) is 0 Å². The minimum atomic E-state index is -2.23. The van der Waals surface area contributed by atoms with E-state index in [0.29, 0.717) is 0 Å². The number of hydrogen-bond donors (Lipinski definition) is 0. The lowest BCUT2D eigenvalue weighted by atomic mass is 10.7. The van der Waals surface area contributed by atoms with Gasteiger partial charge in [-0.25, -0.2) is 0 Å². The van der Waals surface area contributed by atoms with Gasteiger partial charge in [0.05, 0.1) is 0 Å². The zero-order chi connectivity index (χ0) is 11.9. The molecule has 0 aliphatic heterocycles. The molecule has 0 unspecified atom stereocenters. The average Bonchev–Trinajstić information content (AvgIpc) is 2.21. The Morgan fingerprint density at radius 3 is 1.60 bits per heavy atom. The molecule has 0 heterocycles. The molecule has 0 aliphatic carbocycles. The highest BCUT2D eigenvalue weighted by molar-refractivity contribution is 8.11. The number of hydrogen-bond acceptors (Lipinski definition) is 1. The standard InChI is InChI=1S/C8H20N5PS/c1-5-12(6-2)14(15,11-10-9)13(7-3)8-4/h5-8H2,1-4H3. The highest BCUT2D eigenvalue weighted by Crippen LogP contribution is 2.54. The Morgan fingerprint density at radius 1 is 1.07 bits per heavy atom. The summed E-state index contributed by atoms with van der Waals surface area (Å²) < 4.78 is 4.18. The van der Waals surface area contributed by atoms with Crippen molar-refractivity contribution in [2.75, 3.05) is 26.2 Å². The second kappa shape index (κ2) is 7.20. The van der Waals surface area contributed by atoms with Gasteiger partial charge in [-0.1, -0.05) is 39.5 Å². The third-order valence-corrected chi connectivity index (χ3v) is 6.88. The highest BCUT2D eigenvalue weighted by atomic mass is 32.4. The van der Waals surface area contributed by atoms with E-state index < -0.39 is 6.49 Å². The topological polar surface area (TPSA) is 55.2 Å². The molecule has 0 bridgehead atoms.